The highest BCUT2D eigenvalue weighted by Crippen LogP contribution is 2.35. The fourth-order valence-electron chi connectivity index (χ4n) is 2.24. The summed E-state index contributed by atoms with van der Waals surface area (Å²) in [6, 6.07) is 4.10. The van der Waals surface area contributed by atoms with Crippen LogP contribution >= 0.6 is 11.8 Å². The van der Waals surface area contributed by atoms with Crippen LogP contribution in [0.5, 0.6) is 5.75 Å². The van der Waals surface area contributed by atoms with Gasteiger partial charge in [0.05, 0.1) is 6.42 Å². The average Bonchev–Trinajstić information content (AvgIpc) is 2.35. The molecule has 0 amide bonds. The van der Waals surface area contributed by atoms with E-state index < -0.39 is 5.97 Å². The number of aliphatic carboxylic acids is 1. The summed E-state index contributed by atoms with van der Waals surface area (Å²) >= 11 is 1.66. The third-order valence-corrected chi connectivity index (χ3v) is 4.41. The second-order valence-electron chi connectivity index (χ2n) is 6.43. The van der Waals surface area contributed by atoms with Crippen molar-refractivity contribution < 1.29 is 15.0 Å². The Balaban J connectivity index is 2.59. The molecule has 1 aromatic rings. The lowest BCUT2D eigenvalue weighted by molar-refractivity contribution is -0.136. The first-order chi connectivity index (χ1) is 9.71. The van der Waals surface area contributed by atoms with Crippen LogP contribution in [0, 0.1) is 6.92 Å². The van der Waals surface area contributed by atoms with Crippen LogP contribution < -0.4 is 0 Å². The van der Waals surface area contributed by atoms with Gasteiger partial charge in [0.2, 0.25) is 0 Å². The molecular formula is C17H26O3S. The molecule has 118 valence electrons. The van der Waals surface area contributed by atoms with Crippen molar-refractivity contribution in [3.8, 4) is 5.75 Å². The standard InChI is InChI=1S/C17H26O3S/c1-12-10-13(6-5-8-21-9-7-15(18)19)16(20)14(11-12)17(2,3)4/h10-11,20H,5-9H2,1-4H3,(H,18,19). The second kappa shape index (κ2) is 7.74. The summed E-state index contributed by atoms with van der Waals surface area (Å²) in [5.74, 6) is 1.26. The van der Waals surface area contributed by atoms with Crippen molar-refractivity contribution in [2.45, 2.75) is 52.4 Å². The summed E-state index contributed by atoms with van der Waals surface area (Å²) in [4.78, 5) is 10.4. The van der Waals surface area contributed by atoms with Gasteiger partial charge in [0.1, 0.15) is 5.75 Å². The molecule has 0 saturated carbocycles. The monoisotopic (exact) mass is 310 g/mol. The summed E-state index contributed by atoms with van der Waals surface area (Å²) in [7, 11) is 0. The molecule has 1 rings (SSSR count). The molecule has 2 N–H and O–H groups in total. The molecule has 0 aliphatic heterocycles. The SMILES string of the molecule is Cc1cc(CCCSCCC(=O)O)c(O)c(C(C)(C)C)c1. The number of aryl methyl sites for hydroxylation is 2. The quantitative estimate of drug-likeness (QED) is 0.743. The predicted molar refractivity (Wildman–Crippen MR) is 89.4 cm³/mol. The first-order valence-electron chi connectivity index (χ1n) is 7.34. The molecule has 0 fully saturated rings. The van der Waals surface area contributed by atoms with Crippen LogP contribution in [-0.4, -0.2) is 27.7 Å². The summed E-state index contributed by atoms with van der Waals surface area (Å²) in [6.07, 6.45) is 2.00. The summed E-state index contributed by atoms with van der Waals surface area (Å²) < 4.78 is 0. The highest BCUT2D eigenvalue weighted by molar-refractivity contribution is 7.99. The number of carbonyl (C=O) groups is 1. The lowest BCUT2D eigenvalue weighted by atomic mass is 9.83. The maximum absolute atomic E-state index is 10.4. The summed E-state index contributed by atoms with van der Waals surface area (Å²) in [5.41, 5.74) is 3.10. The van der Waals surface area contributed by atoms with E-state index in [1.54, 1.807) is 11.8 Å². The fourth-order valence-corrected chi connectivity index (χ4v) is 3.11. The minimum Gasteiger partial charge on any atom is -0.507 e. The summed E-state index contributed by atoms with van der Waals surface area (Å²) in [5, 5.41) is 19.0. The van der Waals surface area contributed by atoms with Crippen molar-refractivity contribution in [1.29, 1.82) is 0 Å². The number of rotatable bonds is 7. The first kappa shape index (κ1) is 17.9. The van der Waals surface area contributed by atoms with Gasteiger partial charge >= 0.3 is 5.97 Å². The number of hydrogen-bond donors (Lipinski definition) is 2. The van der Waals surface area contributed by atoms with Crippen LogP contribution in [0.3, 0.4) is 0 Å². The molecule has 0 heterocycles. The van der Waals surface area contributed by atoms with Crippen molar-refractivity contribution in [2.24, 2.45) is 0 Å². The molecule has 0 saturated heterocycles. The van der Waals surface area contributed by atoms with Crippen molar-refractivity contribution in [2.75, 3.05) is 11.5 Å². The molecule has 0 atom stereocenters. The third kappa shape index (κ3) is 6.00. The summed E-state index contributed by atoms with van der Waals surface area (Å²) in [6.45, 7) is 8.37. The third-order valence-electron chi connectivity index (χ3n) is 3.34. The van der Waals surface area contributed by atoms with E-state index in [0.717, 1.165) is 29.7 Å². The Bertz CT molecular complexity index is 490. The Morgan fingerprint density at radius 2 is 1.90 bits per heavy atom. The van der Waals surface area contributed by atoms with Crippen LogP contribution in [0.2, 0.25) is 0 Å². The Kier molecular flexibility index (Phi) is 6.59. The van der Waals surface area contributed by atoms with Crippen LogP contribution in [0.1, 0.15) is 50.3 Å². The van der Waals surface area contributed by atoms with Gasteiger partial charge in [0.25, 0.3) is 0 Å². The topological polar surface area (TPSA) is 57.5 Å². The van der Waals surface area contributed by atoms with Gasteiger partial charge in [0, 0.05) is 5.75 Å². The molecule has 3 nitrogen and oxygen atoms in total. The van der Waals surface area contributed by atoms with Crippen LogP contribution in [0.4, 0.5) is 0 Å². The molecule has 0 aliphatic carbocycles. The molecule has 0 aromatic heterocycles. The largest absolute Gasteiger partial charge is 0.507 e. The van der Waals surface area contributed by atoms with Gasteiger partial charge in [-0.15, -0.1) is 0 Å². The molecule has 0 aliphatic rings. The smallest absolute Gasteiger partial charge is 0.304 e. The zero-order chi connectivity index (χ0) is 16.0. The van der Waals surface area contributed by atoms with Crippen molar-refractivity contribution >= 4 is 17.7 Å². The maximum atomic E-state index is 10.4. The lowest BCUT2D eigenvalue weighted by Crippen LogP contribution is -2.12. The van der Waals surface area contributed by atoms with Gasteiger partial charge < -0.3 is 10.2 Å². The van der Waals surface area contributed by atoms with Gasteiger partial charge in [-0.2, -0.15) is 11.8 Å². The Morgan fingerprint density at radius 1 is 1.24 bits per heavy atom. The fraction of sp³-hybridized carbons (Fsp3) is 0.588. The van der Waals surface area contributed by atoms with Gasteiger partial charge in [0.15, 0.2) is 0 Å². The zero-order valence-electron chi connectivity index (χ0n) is 13.4. The molecule has 1 aromatic carbocycles. The van der Waals surface area contributed by atoms with Gasteiger partial charge in [-0.05, 0) is 42.1 Å². The highest BCUT2D eigenvalue weighted by Gasteiger charge is 2.20. The number of phenols is 1. The molecular weight excluding hydrogens is 284 g/mol. The van der Waals surface area contributed by atoms with Crippen LogP contribution in [0.15, 0.2) is 12.1 Å². The van der Waals surface area contributed by atoms with Crippen molar-refractivity contribution in [3.05, 3.63) is 28.8 Å². The number of thioether (sulfide) groups is 1. The highest BCUT2D eigenvalue weighted by atomic mass is 32.2. The van der Waals surface area contributed by atoms with E-state index in [0.29, 0.717) is 11.5 Å². The molecule has 21 heavy (non-hydrogen) atoms. The van der Waals surface area contributed by atoms with Crippen LogP contribution in [0.25, 0.3) is 0 Å². The van der Waals surface area contributed by atoms with E-state index in [1.807, 2.05) is 6.07 Å². The number of benzene rings is 1. The van der Waals surface area contributed by atoms with Gasteiger partial charge in [-0.1, -0.05) is 38.5 Å². The molecule has 0 bridgehead atoms. The first-order valence-corrected chi connectivity index (χ1v) is 8.50. The molecule has 0 radical (unpaired) electrons. The molecule has 0 spiro atoms. The Morgan fingerprint density at radius 3 is 2.48 bits per heavy atom. The molecule has 0 unspecified atom stereocenters. The van der Waals surface area contributed by atoms with Crippen LogP contribution in [-0.2, 0) is 16.6 Å². The van der Waals surface area contributed by atoms with E-state index >= 15 is 0 Å². The molecule has 4 heteroatoms. The number of carboxylic acid groups (broad SMARTS) is 1. The minimum atomic E-state index is -0.742. The predicted octanol–water partition coefficient (Wildman–Crippen LogP) is 4.14. The second-order valence-corrected chi connectivity index (χ2v) is 7.65. The van der Waals surface area contributed by atoms with Gasteiger partial charge in [-0.3, -0.25) is 4.79 Å². The zero-order valence-corrected chi connectivity index (χ0v) is 14.2. The van der Waals surface area contributed by atoms with Crippen molar-refractivity contribution in [3.63, 3.8) is 0 Å². The van der Waals surface area contributed by atoms with E-state index in [9.17, 15) is 9.90 Å². The van der Waals surface area contributed by atoms with E-state index in [4.69, 9.17) is 5.11 Å². The van der Waals surface area contributed by atoms with E-state index in [2.05, 4.69) is 33.8 Å². The van der Waals surface area contributed by atoms with Gasteiger partial charge in [-0.25, -0.2) is 0 Å². The lowest BCUT2D eigenvalue weighted by Gasteiger charge is -2.23. The Hall–Kier alpha value is -1.16. The normalized spacial score (nSPS) is 11.6. The maximum Gasteiger partial charge on any atom is 0.304 e. The minimum absolute atomic E-state index is 0.0684. The van der Waals surface area contributed by atoms with E-state index in [-0.39, 0.29) is 11.8 Å². The number of hydrogen-bond acceptors (Lipinski definition) is 3. The number of carboxylic acids is 1. The Labute approximate surface area is 131 Å². The average molecular weight is 310 g/mol. The number of aromatic hydroxyl groups is 1. The van der Waals surface area contributed by atoms with Crippen molar-refractivity contribution in [1.82, 2.24) is 0 Å². The van der Waals surface area contributed by atoms with E-state index in [1.165, 1.54) is 5.56 Å². The number of phenolic OH excluding ortho intramolecular Hbond substituents is 1.